The Morgan fingerprint density at radius 3 is 2.57 bits per heavy atom. The van der Waals surface area contributed by atoms with Gasteiger partial charge in [0, 0.05) is 11.7 Å². The minimum atomic E-state index is 0.219. The van der Waals surface area contributed by atoms with Crippen LogP contribution in [0.2, 0.25) is 0 Å². The molecule has 1 aliphatic rings. The van der Waals surface area contributed by atoms with Gasteiger partial charge in [-0.15, -0.1) is 0 Å². The van der Waals surface area contributed by atoms with Gasteiger partial charge in [-0.3, -0.25) is 0 Å². The van der Waals surface area contributed by atoms with Gasteiger partial charge in [0.05, 0.1) is 0 Å². The van der Waals surface area contributed by atoms with E-state index in [0.717, 1.165) is 23.6 Å². The van der Waals surface area contributed by atoms with Gasteiger partial charge in [0.15, 0.2) is 11.5 Å². The van der Waals surface area contributed by atoms with E-state index >= 15 is 0 Å². The first-order valence-corrected chi connectivity index (χ1v) is 7.51. The summed E-state index contributed by atoms with van der Waals surface area (Å²) in [7, 11) is 0. The second kappa shape index (κ2) is 6.08. The van der Waals surface area contributed by atoms with Crippen LogP contribution in [0.15, 0.2) is 42.5 Å². The van der Waals surface area contributed by atoms with Crippen LogP contribution in [0.5, 0.6) is 11.5 Å². The summed E-state index contributed by atoms with van der Waals surface area (Å²) < 4.78 is 10.8. The lowest BCUT2D eigenvalue weighted by Crippen LogP contribution is -2.06. The monoisotopic (exact) mass is 283 g/mol. The molecule has 1 unspecified atom stereocenters. The van der Waals surface area contributed by atoms with Crippen molar-refractivity contribution in [2.24, 2.45) is 0 Å². The molecule has 0 aliphatic carbocycles. The van der Waals surface area contributed by atoms with E-state index in [1.807, 2.05) is 12.1 Å². The van der Waals surface area contributed by atoms with Gasteiger partial charge < -0.3 is 14.8 Å². The lowest BCUT2D eigenvalue weighted by molar-refractivity contribution is 0.174. The molecule has 21 heavy (non-hydrogen) atoms. The molecular formula is C18H21NO2. The van der Waals surface area contributed by atoms with Crippen molar-refractivity contribution < 1.29 is 9.47 Å². The van der Waals surface area contributed by atoms with E-state index in [1.54, 1.807) is 0 Å². The van der Waals surface area contributed by atoms with Crippen LogP contribution in [0, 0.1) is 0 Å². The molecule has 1 atom stereocenters. The highest BCUT2D eigenvalue weighted by molar-refractivity contribution is 5.50. The molecule has 2 aromatic rings. The number of fused-ring (bicyclic) bond motifs is 1. The first kappa shape index (κ1) is 13.8. The molecule has 1 N–H and O–H groups in total. The van der Waals surface area contributed by atoms with Crippen LogP contribution in [0.25, 0.3) is 0 Å². The third kappa shape index (κ3) is 3.13. The maximum absolute atomic E-state index is 5.43. The third-order valence-corrected chi connectivity index (χ3v) is 3.77. The van der Waals surface area contributed by atoms with E-state index in [2.05, 4.69) is 49.5 Å². The number of aryl methyl sites for hydroxylation is 1. The van der Waals surface area contributed by atoms with Gasteiger partial charge in [0.2, 0.25) is 6.79 Å². The van der Waals surface area contributed by atoms with E-state index in [-0.39, 0.29) is 6.04 Å². The van der Waals surface area contributed by atoms with Crippen molar-refractivity contribution in [3.63, 3.8) is 0 Å². The molecule has 0 radical (unpaired) electrons. The quantitative estimate of drug-likeness (QED) is 0.873. The Balaban J connectivity index is 1.69. The number of ether oxygens (including phenoxy) is 2. The normalized spacial score (nSPS) is 14.0. The molecule has 0 bridgehead atoms. The third-order valence-electron chi connectivity index (χ3n) is 3.77. The Kier molecular flexibility index (Phi) is 4.00. The average molecular weight is 283 g/mol. The average Bonchev–Trinajstić information content (AvgIpc) is 2.97. The first-order valence-electron chi connectivity index (χ1n) is 7.51. The summed E-state index contributed by atoms with van der Waals surface area (Å²) in [6.45, 7) is 4.67. The number of benzene rings is 2. The van der Waals surface area contributed by atoms with Crippen molar-refractivity contribution in [2.45, 2.75) is 32.7 Å². The van der Waals surface area contributed by atoms with E-state index in [4.69, 9.17) is 9.47 Å². The van der Waals surface area contributed by atoms with Crippen LogP contribution in [0.3, 0.4) is 0 Å². The molecule has 0 saturated heterocycles. The van der Waals surface area contributed by atoms with Crippen molar-refractivity contribution >= 4 is 5.69 Å². The van der Waals surface area contributed by atoms with Crippen molar-refractivity contribution in [1.29, 1.82) is 0 Å². The zero-order valence-electron chi connectivity index (χ0n) is 12.6. The maximum Gasteiger partial charge on any atom is 0.231 e. The lowest BCUT2D eigenvalue weighted by Gasteiger charge is -2.16. The molecule has 0 saturated carbocycles. The second-order valence-corrected chi connectivity index (χ2v) is 5.43. The van der Waals surface area contributed by atoms with Crippen LogP contribution in [0.1, 0.15) is 37.4 Å². The number of anilines is 1. The number of nitrogens with one attached hydrogen (secondary N) is 1. The highest BCUT2D eigenvalue weighted by Gasteiger charge is 2.15. The van der Waals surface area contributed by atoms with Crippen LogP contribution >= 0.6 is 0 Å². The van der Waals surface area contributed by atoms with E-state index in [1.165, 1.54) is 17.5 Å². The summed E-state index contributed by atoms with van der Waals surface area (Å²) in [6.07, 6.45) is 2.32. The molecule has 0 amide bonds. The van der Waals surface area contributed by atoms with E-state index in [0.29, 0.717) is 6.79 Å². The zero-order valence-corrected chi connectivity index (χ0v) is 12.6. The summed E-state index contributed by atoms with van der Waals surface area (Å²) in [6, 6.07) is 15.0. The zero-order chi connectivity index (χ0) is 14.7. The summed E-state index contributed by atoms with van der Waals surface area (Å²) in [5.74, 6) is 1.66. The van der Waals surface area contributed by atoms with Gasteiger partial charge in [0.25, 0.3) is 0 Å². The van der Waals surface area contributed by atoms with Crippen molar-refractivity contribution in [3.8, 4) is 11.5 Å². The molecule has 3 nitrogen and oxygen atoms in total. The topological polar surface area (TPSA) is 30.5 Å². The van der Waals surface area contributed by atoms with Gasteiger partial charge in [-0.2, -0.15) is 0 Å². The summed E-state index contributed by atoms with van der Waals surface area (Å²) in [5.41, 5.74) is 3.72. The van der Waals surface area contributed by atoms with Gasteiger partial charge in [0.1, 0.15) is 0 Å². The smallest absolute Gasteiger partial charge is 0.231 e. The Morgan fingerprint density at radius 2 is 1.81 bits per heavy atom. The second-order valence-electron chi connectivity index (χ2n) is 5.43. The summed E-state index contributed by atoms with van der Waals surface area (Å²) in [5, 5.41) is 3.52. The lowest BCUT2D eigenvalue weighted by atomic mass is 10.1. The molecule has 0 aromatic heterocycles. The van der Waals surface area contributed by atoms with E-state index in [9.17, 15) is 0 Å². The van der Waals surface area contributed by atoms with E-state index < -0.39 is 0 Å². The van der Waals surface area contributed by atoms with Crippen molar-refractivity contribution in [2.75, 3.05) is 12.1 Å². The fraction of sp³-hybridized carbons (Fsp3) is 0.333. The van der Waals surface area contributed by atoms with Gasteiger partial charge in [-0.25, -0.2) is 0 Å². The Bertz CT molecular complexity index is 607. The summed E-state index contributed by atoms with van der Waals surface area (Å²) in [4.78, 5) is 0. The van der Waals surface area contributed by atoms with Gasteiger partial charge >= 0.3 is 0 Å². The molecule has 1 heterocycles. The molecular weight excluding hydrogens is 262 g/mol. The van der Waals surface area contributed by atoms with Crippen LogP contribution in [-0.4, -0.2) is 6.79 Å². The van der Waals surface area contributed by atoms with Crippen LogP contribution < -0.4 is 14.8 Å². The van der Waals surface area contributed by atoms with Gasteiger partial charge in [-0.1, -0.05) is 31.5 Å². The molecule has 2 aromatic carbocycles. The van der Waals surface area contributed by atoms with Crippen LogP contribution in [-0.2, 0) is 6.42 Å². The highest BCUT2D eigenvalue weighted by atomic mass is 16.7. The van der Waals surface area contributed by atoms with Gasteiger partial charge in [-0.05, 0) is 48.7 Å². The first-order chi connectivity index (χ1) is 10.3. The Hall–Kier alpha value is -2.16. The van der Waals surface area contributed by atoms with Crippen molar-refractivity contribution in [1.82, 2.24) is 0 Å². The minimum absolute atomic E-state index is 0.219. The molecule has 3 rings (SSSR count). The number of hydrogen-bond acceptors (Lipinski definition) is 3. The Labute approximate surface area is 125 Å². The fourth-order valence-corrected chi connectivity index (χ4v) is 2.57. The largest absolute Gasteiger partial charge is 0.454 e. The number of hydrogen-bond donors (Lipinski definition) is 1. The SMILES string of the molecule is CCCc1ccc(NC(C)c2ccc3c(c2)OCO3)cc1. The minimum Gasteiger partial charge on any atom is -0.454 e. The molecule has 0 fully saturated rings. The summed E-state index contributed by atoms with van der Waals surface area (Å²) >= 11 is 0. The fourth-order valence-electron chi connectivity index (χ4n) is 2.57. The standard InChI is InChI=1S/C18H21NO2/c1-3-4-14-5-8-16(9-6-14)19-13(2)15-7-10-17-18(11-15)21-12-20-17/h5-11,13,19H,3-4,12H2,1-2H3. The number of rotatable bonds is 5. The maximum atomic E-state index is 5.43. The molecule has 110 valence electrons. The van der Waals surface area contributed by atoms with Crippen LogP contribution in [0.4, 0.5) is 5.69 Å². The predicted octanol–water partition coefficient (Wildman–Crippen LogP) is 4.54. The highest BCUT2D eigenvalue weighted by Crippen LogP contribution is 2.34. The molecule has 1 aliphatic heterocycles. The molecule has 3 heteroatoms. The predicted molar refractivity (Wildman–Crippen MR) is 85.0 cm³/mol. The van der Waals surface area contributed by atoms with Crippen molar-refractivity contribution in [3.05, 3.63) is 53.6 Å². The Morgan fingerprint density at radius 1 is 1.05 bits per heavy atom. The molecule has 0 spiro atoms.